The van der Waals surface area contributed by atoms with Crippen LogP contribution in [-0.4, -0.2) is 35.9 Å². The van der Waals surface area contributed by atoms with Crippen LogP contribution in [0.2, 0.25) is 0 Å². The van der Waals surface area contributed by atoms with E-state index in [9.17, 15) is 4.79 Å². The van der Waals surface area contributed by atoms with Gasteiger partial charge in [0.1, 0.15) is 0 Å². The van der Waals surface area contributed by atoms with Crippen molar-refractivity contribution in [2.45, 2.75) is 32.6 Å². The van der Waals surface area contributed by atoms with E-state index in [1.54, 1.807) is 11.8 Å². The summed E-state index contributed by atoms with van der Waals surface area (Å²) in [5.41, 5.74) is 2.85. The molecule has 0 bridgehead atoms. The van der Waals surface area contributed by atoms with E-state index in [1.165, 1.54) is 30.4 Å². The molecule has 0 spiro atoms. The number of hydrogen-bond acceptors (Lipinski definition) is 2. The highest BCUT2D eigenvalue weighted by atomic mass is 32.2. The van der Waals surface area contributed by atoms with E-state index in [-0.39, 0.29) is 0 Å². The Morgan fingerprint density at radius 3 is 2.95 bits per heavy atom. The lowest BCUT2D eigenvalue weighted by Gasteiger charge is -2.33. The van der Waals surface area contributed by atoms with E-state index in [0.717, 1.165) is 19.5 Å². The van der Waals surface area contributed by atoms with Crippen LogP contribution >= 0.6 is 11.8 Å². The molecule has 0 N–H and O–H groups in total. The van der Waals surface area contributed by atoms with Crippen LogP contribution in [0, 0.1) is 12.8 Å². The standard InChI is InChI=1S/C17H25NOS/c1-14-6-3-4-8-16(14)10-9-15-7-5-11-18(12-15)17(19)13-20-2/h3-4,6,8,15H,5,7,9-13H2,1-2H3/t15-/m0/s1. The summed E-state index contributed by atoms with van der Waals surface area (Å²) in [7, 11) is 0. The molecule has 0 saturated carbocycles. The van der Waals surface area contributed by atoms with Gasteiger partial charge in [0, 0.05) is 13.1 Å². The average Bonchev–Trinajstić information content (AvgIpc) is 2.47. The molecule has 1 saturated heterocycles. The monoisotopic (exact) mass is 291 g/mol. The number of likely N-dealkylation sites (tertiary alicyclic amines) is 1. The third-order valence-electron chi connectivity index (χ3n) is 4.22. The van der Waals surface area contributed by atoms with Crippen LogP contribution in [0.3, 0.4) is 0 Å². The highest BCUT2D eigenvalue weighted by Gasteiger charge is 2.23. The van der Waals surface area contributed by atoms with Gasteiger partial charge >= 0.3 is 0 Å². The molecule has 20 heavy (non-hydrogen) atoms. The second-order valence-electron chi connectivity index (χ2n) is 5.75. The largest absolute Gasteiger partial charge is 0.342 e. The normalized spacial score (nSPS) is 19.1. The van der Waals surface area contributed by atoms with Gasteiger partial charge in [-0.2, -0.15) is 11.8 Å². The Morgan fingerprint density at radius 2 is 2.20 bits per heavy atom. The first kappa shape index (κ1) is 15.4. The van der Waals surface area contributed by atoms with Gasteiger partial charge in [0.25, 0.3) is 0 Å². The molecule has 1 aliphatic heterocycles. The Balaban J connectivity index is 1.84. The van der Waals surface area contributed by atoms with E-state index in [2.05, 4.69) is 36.1 Å². The summed E-state index contributed by atoms with van der Waals surface area (Å²) in [6.07, 6.45) is 6.78. The fourth-order valence-electron chi connectivity index (χ4n) is 2.99. The maximum atomic E-state index is 12.0. The molecule has 1 amide bonds. The number of carbonyl (C=O) groups is 1. The number of nitrogens with zero attached hydrogens (tertiary/aromatic N) is 1. The second kappa shape index (κ2) is 7.72. The fraction of sp³-hybridized carbons (Fsp3) is 0.588. The number of thioether (sulfide) groups is 1. The van der Waals surface area contributed by atoms with Gasteiger partial charge in [-0.25, -0.2) is 0 Å². The number of piperidine rings is 1. The lowest BCUT2D eigenvalue weighted by Crippen LogP contribution is -2.41. The van der Waals surface area contributed by atoms with E-state index >= 15 is 0 Å². The van der Waals surface area contributed by atoms with Crippen LogP contribution < -0.4 is 0 Å². The van der Waals surface area contributed by atoms with Gasteiger partial charge in [-0.1, -0.05) is 24.3 Å². The Morgan fingerprint density at radius 1 is 1.40 bits per heavy atom. The van der Waals surface area contributed by atoms with Crippen molar-refractivity contribution < 1.29 is 4.79 Å². The van der Waals surface area contributed by atoms with Gasteiger partial charge in [0.15, 0.2) is 0 Å². The van der Waals surface area contributed by atoms with Crippen molar-refractivity contribution in [3.63, 3.8) is 0 Å². The Labute approximate surface area is 126 Å². The lowest BCUT2D eigenvalue weighted by molar-refractivity contribution is -0.130. The third kappa shape index (κ3) is 4.27. The van der Waals surface area contributed by atoms with Crippen molar-refractivity contribution in [2.75, 3.05) is 25.1 Å². The van der Waals surface area contributed by atoms with Crippen LogP contribution in [-0.2, 0) is 11.2 Å². The molecule has 3 heteroatoms. The number of benzene rings is 1. The van der Waals surface area contributed by atoms with E-state index in [4.69, 9.17) is 0 Å². The van der Waals surface area contributed by atoms with Gasteiger partial charge in [-0.3, -0.25) is 4.79 Å². The Hall–Kier alpha value is -0.960. The summed E-state index contributed by atoms with van der Waals surface area (Å²) in [4.78, 5) is 14.0. The molecule has 0 aromatic heterocycles. The maximum Gasteiger partial charge on any atom is 0.232 e. The molecule has 2 rings (SSSR count). The zero-order valence-corrected chi connectivity index (χ0v) is 13.4. The summed E-state index contributed by atoms with van der Waals surface area (Å²) in [5.74, 6) is 1.62. The van der Waals surface area contributed by atoms with Gasteiger partial charge in [-0.15, -0.1) is 0 Å². The topological polar surface area (TPSA) is 20.3 Å². The Kier molecular flexibility index (Phi) is 5.96. The van der Waals surface area contributed by atoms with Gasteiger partial charge in [0.2, 0.25) is 5.91 Å². The SMILES string of the molecule is CSCC(=O)N1CCC[C@@H](CCc2ccccc2C)C1. The third-order valence-corrected chi connectivity index (χ3v) is 4.76. The number of carbonyl (C=O) groups excluding carboxylic acids is 1. The molecule has 110 valence electrons. The van der Waals surface area contributed by atoms with E-state index in [0.29, 0.717) is 17.6 Å². The maximum absolute atomic E-state index is 12.0. The van der Waals surface area contributed by atoms with Crippen molar-refractivity contribution in [3.8, 4) is 0 Å². The summed E-state index contributed by atoms with van der Waals surface area (Å²) < 4.78 is 0. The lowest BCUT2D eigenvalue weighted by atomic mass is 9.90. The predicted molar refractivity (Wildman–Crippen MR) is 87.2 cm³/mol. The van der Waals surface area contributed by atoms with Crippen molar-refractivity contribution in [2.24, 2.45) is 5.92 Å². The molecule has 1 atom stereocenters. The number of amides is 1. The van der Waals surface area contributed by atoms with Crippen molar-refractivity contribution in [1.29, 1.82) is 0 Å². The minimum atomic E-state index is 0.318. The fourth-order valence-corrected chi connectivity index (χ4v) is 3.42. The molecule has 1 aromatic carbocycles. The smallest absolute Gasteiger partial charge is 0.232 e. The molecular weight excluding hydrogens is 266 g/mol. The molecule has 1 aromatic rings. The zero-order chi connectivity index (χ0) is 14.4. The van der Waals surface area contributed by atoms with Gasteiger partial charge < -0.3 is 4.90 Å². The van der Waals surface area contributed by atoms with Crippen molar-refractivity contribution >= 4 is 17.7 Å². The minimum absolute atomic E-state index is 0.318. The number of rotatable bonds is 5. The van der Waals surface area contributed by atoms with Crippen LogP contribution in [0.25, 0.3) is 0 Å². The van der Waals surface area contributed by atoms with Gasteiger partial charge in [0.05, 0.1) is 5.75 Å². The number of aryl methyl sites for hydroxylation is 2. The molecule has 0 radical (unpaired) electrons. The van der Waals surface area contributed by atoms with Crippen LogP contribution in [0.5, 0.6) is 0 Å². The van der Waals surface area contributed by atoms with Crippen LogP contribution in [0.15, 0.2) is 24.3 Å². The first-order chi connectivity index (χ1) is 9.70. The van der Waals surface area contributed by atoms with Crippen molar-refractivity contribution in [1.82, 2.24) is 4.90 Å². The summed E-state index contributed by atoms with van der Waals surface area (Å²) >= 11 is 1.63. The zero-order valence-electron chi connectivity index (χ0n) is 12.6. The minimum Gasteiger partial charge on any atom is -0.342 e. The quantitative estimate of drug-likeness (QED) is 0.827. The van der Waals surface area contributed by atoms with Crippen LogP contribution in [0.4, 0.5) is 0 Å². The molecule has 0 aliphatic carbocycles. The summed E-state index contributed by atoms with van der Waals surface area (Å²) in [6, 6.07) is 8.64. The highest BCUT2D eigenvalue weighted by Crippen LogP contribution is 2.23. The van der Waals surface area contributed by atoms with Crippen molar-refractivity contribution in [3.05, 3.63) is 35.4 Å². The average molecular weight is 291 g/mol. The van der Waals surface area contributed by atoms with E-state index < -0.39 is 0 Å². The van der Waals surface area contributed by atoms with Crippen LogP contribution in [0.1, 0.15) is 30.4 Å². The highest BCUT2D eigenvalue weighted by molar-refractivity contribution is 7.99. The number of hydrogen-bond donors (Lipinski definition) is 0. The first-order valence-electron chi connectivity index (χ1n) is 7.52. The second-order valence-corrected chi connectivity index (χ2v) is 6.61. The molecular formula is C17H25NOS. The molecule has 2 nitrogen and oxygen atoms in total. The van der Waals surface area contributed by atoms with E-state index in [1.807, 2.05) is 6.26 Å². The molecule has 0 unspecified atom stereocenters. The Bertz CT molecular complexity index is 446. The molecule has 1 heterocycles. The molecule has 1 aliphatic rings. The van der Waals surface area contributed by atoms with Gasteiger partial charge in [-0.05, 0) is 55.9 Å². The molecule has 1 fully saturated rings. The predicted octanol–water partition coefficient (Wildman–Crippen LogP) is 3.53. The summed E-state index contributed by atoms with van der Waals surface area (Å²) in [5, 5.41) is 0. The summed E-state index contributed by atoms with van der Waals surface area (Å²) in [6.45, 7) is 4.11. The first-order valence-corrected chi connectivity index (χ1v) is 8.91.